The summed E-state index contributed by atoms with van der Waals surface area (Å²) in [5, 5.41) is 2.45. The monoisotopic (exact) mass is 264 g/mol. The van der Waals surface area contributed by atoms with E-state index in [9.17, 15) is 13.6 Å². The minimum absolute atomic E-state index is 0.239. The number of nitrogens with zero attached hydrogens (tertiary/aromatic N) is 1. The molecule has 1 aromatic carbocycles. The van der Waals surface area contributed by atoms with E-state index in [1.54, 1.807) is 12.1 Å². The van der Waals surface area contributed by atoms with Crippen LogP contribution in [0.25, 0.3) is 0 Å². The number of anilines is 1. The topological polar surface area (TPSA) is 51.2 Å². The van der Waals surface area contributed by atoms with Gasteiger partial charge in [0.15, 0.2) is 0 Å². The van der Waals surface area contributed by atoms with Gasteiger partial charge in [-0.3, -0.25) is 4.79 Å². The molecule has 6 heteroatoms. The first kappa shape index (κ1) is 12.9. The van der Waals surface area contributed by atoms with Gasteiger partial charge in [-0.1, -0.05) is 0 Å². The number of nitrogens with one attached hydrogen (secondary N) is 1. The highest BCUT2D eigenvalue weighted by molar-refractivity contribution is 6.04. The Hall–Kier alpha value is -2.50. The number of ether oxygens (including phenoxy) is 1. The normalized spacial score (nSPS) is 10.1. The molecule has 0 spiro atoms. The molecule has 0 radical (unpaired) electrons. The lowest BCUT2D eigenvalue weighted by molar-refractivity contribution is 0.102. The number of methoxy groups -OCH3 is 1. The third kappa shape index (κ3) is 3.04. The average Bonchev–Trinajstić information content (AvgIpc) is 2.39. The third-order valence-electron chi connectivity index (χ3n) is 2.38. The van der Waals surface area contributed by atoms with Gasteiger partial charge in [0.05, 0.1) is 24.6 Å². The van der Waals surface area contributed by atoms with Crippen LogP contribution in [0.15, 0.2) is 36.5 Å². The van der Waals surface area contributed by atoms with E-state index in [1.165, 1.54) is 13.3 Å². The Bertz CT molecular complexity index is 600. The maximum atomic E-state index is 13.4. The number of hydrogen-bond acceptors (Lipinski definition) is 3. The van der Waals surface area contributed by atoms with Crippen LogP contribution < -0.4 is 10.1 Å². The number of carbonyl (C=O) groups is 1. The van der Waals surface area contributed by atoms with Crippen LogP contribution >= 0.6 is 0 Å². The molecular weight excluding hydrogens is 254 g/mol. The van der Waals surface area contributed by atoms with Crippen LogP contribution in [0.3, 0.4) is 0 Å². The first-order valence-corrected chi connectivity index (χ1v) is 5.36. The maximum absolute atomic E-state index is 13.4. The van der Waals surface area contributed by atoms with Crippen molar-refractivity contribution in [3.05, 3.63) is 53.7 Å². The van der Waals surface area contributed by atoms with Crippen molar-refractivity contribution in [3.63, 3.8) is 0 Å². The smallest absolute Gasteiger partial charge is 0.258 e. The zero-order valence-corrected chi connectivity index (χ0v) is 9.98. The van der Waals surface area contributed by atoms with E-state index < -0.39 is 17.5 Å². The van der Waals surface area contributed by atoms with E-state index in [0.29, 0.717) is 17.6 Å². The minimum Gasteiger partial charge on any atom is -0.481 e. The molecule has 0 saturated carbocycles. The highest BCUT2D eigenvalue weighted by Gasteiger charge is 2.12. The molecule has 98 valence electrons. The van der Waals surface area contributed by atoms with E-state index in [4.69, 9.17) is 4.74 Å². The van der Waals surface area contributed by atoms with Gasteiger partial charge in [-0.15, -0.1) is 0 Å². The summed E-state index contributed by atoms with van der Waals surface area (Å²) in [5.74, 6) is -1.94. The van der Waals surface area contributed by atoms with Crippen molar-refractivity contribution in [2.45, 2.75) is 0 Å². The minimum atomic E-state index is -0.918. The number of pyridine rings is 1. The summed E-state index contributed by atoms with van der Waals surface area (Å²) in [5.41, 5.74) is 0.145. The lowest BCUT2D eigenvalue weighted by Gasteiger charge is -2.06. The number of benzene rings is 1. The van der Waals surface area contributed by atoms with E-state index >= 15 is 0 Å². The van der Waals surface area contributed by atoms with Gasteiger partial charge in [-0.2, -0.15) is 0 Å². The number of amides is 1. The Morgan fingerprint density at radius 2 is 2.05 bits per heavy atom. The predicted molar refractivity (Wildman–Crippen MR) is 65.1 cm³/mol. The molecular formula is C13H10F2N2O2. The largest absolute Gasteiger partial charge is 0.481 e. The Morgan fingerprint density at radius 1 is 1.26 bits per heavy atom. The summed E-state index contributed by atoms with van der Waals surface area (Å²) in [6.45, 7) is 0. The van der Waals surface area contributed by atoms with Crippen molar-refractivity contribution in [2.75, 3.05) is 12.4 Å². The number of hydrogen-bond donors (Lipinski definition) is 1. The van der Waals surface area contributed by atoms with Crippen molar-refractivity contribution in [3.8, 4) is 5.88 Å². The van der Waals surface area contributed by atoms with E-state index in [-0.39, 0.29) is 5.56 Å². The fourth-order valence-electron chi connectivity index (χ4n) is 1.45. The van der Waals surface area contributed by atoms with Crippen molar-refractivity contribution < 1.29 is 18.3 Å². The van der Waals surface area contributed by atoms with Crippen LogP contribution in [0.2, 0.25) is 0 Å². The molecule has 1 heterocycles. The molecule has 1 N–H and O–H groups in total. The number of rotatable bonds is 3. The van der Waals surface area contributed by atoms with Crippen molar-refractivity contribution >= 4 is 11.6 Å². The van der Waals surface area contributed by atoms with Crippen molar-refractivity contribution in [1.82, 2.24) is 4.98 Å². The van der Waals surface area contributed by atoms with E-state index in [0.717, 1.165) is 12.1 Å². The van der Waals surface area contributed by atoms with Gasteiger partial charge in [-0.05, 0) is 18.2 Å². The number of carbonyl (C=O) groups excluding carboxylic acids is 1. The Balaban J connectivity index is 2.15. The van der Waals surface area contributed by atoms with Gasteiger partial charge in [-0.25, -0.2) is 13.8 Å². The summed E-state index contributed by atoms with van der Waals surface area (Å²) < 4.78 is 31.0. The molecule has 0 bridgehead atoms. The van der Waals surface area contributed by atoms with Crippen LogP contribution in [-0.2, 0) is 0 Å². The Labute approximate surface area is 108 Å². The molecule has 0 aliphatic rings. The van der Waals surface area contributed by atoms with E-state index in [1.807, 2.05) is 0 Å². The summed E-state index contributed by atoms with van der Waals surface area (Å²) in [7, 11) is 1.47. The highest BCUT2D eigenvalue weighted by atomic mass is 19.1. The molecule has 0 unspecified atom stereocenters. The molecule has 4 nitrogen and oxygen atoms in total. The van der Waals surface area contributed by atoms with Gasteiger partial charge in [0.25, 0.3) is 5.91 Å². The zero-order valence-electron chi connectivity index (χ0n) is 9.98. The van der Waals surface area contributed by atoms with Crippen molar-refractivity contribution in [1.29, 1.82) is 0 Å². The standard InChI is InChI=1S/C13H10F2N2O2/c1-19-12-5-3-9(7-16-12)17-13(18)10-4-2-8(14)6-11(10)15/h2-7H,1H3,(H,17,18). The Kier molecular flexibility index (Phi) is 3.70. The van der Waals surface area contributed by atoms with Crippen molar-refractivity contribution in [2.24, 2.45) is 0 Å². The van der Waals surface area contributed by atoms with Crippen LogP contribution in [0.5, 0.6) is 5.88 Å². The molecule has 1 aromatic heterocycles. The fourth-order valence-corrected chi connectivity index (χ4v) is 1.45. The first-order valence-electron chi connectivity index (χ1n) is 5.36. The molecule has 19 heavy (non-hydrogen) atoms. The van der Waals surface area contributed by atoms with Gasteiger partial charge >= 0.3 is 0 Å². The molecule has 0 aliphatic carbocycles. The molecule has 2 rings (SSSR count). The van der Waals surface area contributed by atoms with Crippen LogP contribution in [-0.4, -0.2) is 18.0 Å². The SMILES string of the molecule is COc1ccc(NC(=O)c2ccc(F)cc2F)cn1. The highest BCUT2D eigenvalue weighted by Crippen LogP contribution is 2.14. The van der Waals surface area contributed by atoms with Crippen LogP contribution in [0.1, 0.15) is 10.4 Å². The fraction of sp³-hybridized carbons (Fsp3) is 0.0769. The summed E-state index contributed by atoms with van der Waals surface area (Å²) in [4.78, 5) is 15.7. The molecule has 0 fully saturated rings. The first-order chi connectivity index (χ1) is 9.10. The summed E-state index contributed by atoms with van der Waals surface area (Å²) >= 11 is 0. The number of halogens is 2. The van der Waals surface area contributed by atoms with Crippen LogP contribution in [0.4, 0.5) is 14.5 Å². The van der Waals surface area contributed by atoms with Gasteiger partial charge in [0.2, 0.25) is 5.88 Å². The second-order valence-electron chi connectivity index (χ2n) is 3.67. The summed E-state index contributed by atoms with van der Waals surface area (Å²) in [6, 6.07) is 5.87. The third-order valence-corrected chi connectivity index (χ3v) is 2.38. The lowest BCUT2D eigenvalue weighted by atomic mass is 10.2. The molecule has 2 aromatic rings. The molecule has 0 aliphatic heterocycles. The number of aromatic nitrogens is 1. The summed E-state index contributed by atoms with van der Waals surface area (Å²) in [6.07, 6.45) is 1.37. The molecule has 1 amide bonds. The second kappa shape index (κ2) is 5.43. The lowest BCUT2D eigenvalue weighted by Crippen LogP contribution is -2.14. The predicted octanol–water partition coefficient (Wildman–Crippen LogP) is 2.62. The van der Waals surface area contributed by atoms with E-state index in [2.05, 4.69) is 10.3 Å². The van der Waals surface area contributed by atoms with Crippen LogP contribution in [0, 0.1) is 11.6 Å². The van der Waals surface area contributed by atoms with Gasteiger partial charge in [0.1, 0.15) is 11.6 Å². The zero-order chi connectivity index (χ0) is 13.8. The van der Waals surface area contributed by atoms with Gasteiger partial charge in [0, 0.05) is 12.1 Å². The second-order valence-corrected chi connectivity index (χ2v) is 3.67. The average molecular weight is 264 g/mol. The van der Waals surface area contributed by atoms with Gasteiger partial charge < -0.3 is 10.1 Å². The maximum Gasteiger partial charge on any atom is 0.258 e. The molecule has 0 saturated heterocycles. The molecule has 0 atom stereocenters. The Morgan fingerprint density at radius 3 is 2.63 bits per heavy atom. The quantitative estimate of drug-likeness (QED) is 0.927.